The smallest absolute Gasteiger partial charge is 0.234 e. The Bertz CT molecular complexity index is 411. The van der Waals surface area contributed by atoms with Crippen molar-refractivity contribution in [3.8, 4) is 0 Å². The fraction of sp³-hybridized carbons (Fsp3) is 0.417. The fourth-order valence-electron chi connectivity index (χ4n) is 2.17. The number of likely N-dealkylation sites (N-methyl/N-ethyl adjacent to an activating group) is 1. The largest absolute Gasteiger partial charge is 0.348 e. The van der Waals surface area contributed by atoms with Crippen molar-refractivity contribution in [2.75, 3.05) is 13.6 Å². The third-order valence-electron chi connectivity index (χ3n) is 2.89. The number of carbonyl (C=O) groups is 1. The van der Waals surface area contributed by atoms with Gasteiger partial charge in [0.1, 0.15) is 0 Å². The monoisotopic (exact) mass is 318 g/mol. The van der Waals surface area contributed by atoms with Crippen LogP contribution in [-0.2, 0) is 11.2 Å². The van der Waals surface area contributed by atoms with Gasteiger partial charge in [0.2, 0.25) is 5.91 Å². The fourth-order valence-corrected chi connectivity index (χ4v) is 2.75. The van der Waals surface area contributed by atoms with Crippen LogP contribution in [0.1, 0.15) is 23.6 Å². The van der Waals surface area contributed by atoms with E-state index in [1.165, 1.54) is 11.1 Å². The van der Waals surface area contributed by atoms with Gasteiger partial charge in [-0.3, -0.25) is 4.79 Å². The van der Waals surface area contributed by atoms with Crippen LogP contribution in [0.5, 0.6) is 0 Å². The van der Waals surface area contributed by atoms with Gasteiger partial charge in [-0.15, -0.1) is 12.4 Å². The van der Waals surface area contributed by atoms with E-state index in [-0.39, 0.29) is 24.4 Å². The molecule has 1 unspecified atom stereocenters. The molecule has 1 aromatic rings. The predicted octanol–water partition coefficient (Wildman–Crippen LogP) is 2.19. The Morgan fingerprint density at radius 1 is 1.53 bits per heavy atom. The summed E-state index contributed by atoms with van der Waals surface area (Å²) in [5.74, 6) is 0.0559. The first-order valence-electron chi connectivity index (χ1n) is 5.43. The highest BCUT2D eigenvalue weighted by Gasteiger charge is 2.24. The van der Waals surface area contributed by atoms with E-state index in [2.05, 4.69) is 38.7 Å². The number of carbonyl (C=O) groups excluding carboxylic acids is 1. The van der Waals surface area contributed by atoms with E-state index in [9.17, 15) is 4.79 Å². The Balaban J connectivity index is 0.00000144. The molecule has 0 aliphatic heterocycles. The summed E-state index contributed by atoms with van der Waals surface area (Å²) in [5, 5.41) is 5.90. The molecule has 5 heteroatoms. The average Bonchev–Trinajstić information content (AvgIpc) is 2.64. The van der Waals surface area contributed by atoms with Gasteiger partial charge in [0.05, 0.1) is 12.6 Å². The van der Waals surface area contributed by atoms with Gasteiger partial charge in [-0.1, -0.05) is 28.1 Å². The summed E-state index contributed by atoms with van der Waals surface area (Å²) in [6, 6.07) is 6.34. The maximum atomic E-state index is 11.5. The first-order valence-corrected chi connectivity index (χ1v) is 6.23. The second kappa shape index (κ2) is 6.38. The van der Waals surface area contributed by atoms with Gasteiger partial charge in [0.25, 0.3) is 0 Å². The molecule has 1 atom stereocenters. The molecule has 1 aromatic carbocycles. The molecule has 0 radical (unpaired) electrons. The van der Waals surface area contributed by atoms with Crippen LogP contribution in [-0.4, -0.2) is 19.5 Å². The van der Waals surface area contributed by atoms with Crippen molar-refractivity contribution in [1.82, 2.24) is 10.6 Å². The first kappa shape index (κ1) is 14.5. The van der Waals surface area contributed by atoms with Gasteiger partial charge in [-0.05, 0) is 37.1 Å². The standard InChI is InChI=1S/C12H15BrN2O.ClH/c1-14-7-12(16)15-11-6-5-8-9(11)3-2-4-10(8)13;/h2-4,11,14H,5-7H2,1H3,(H,15,16);1H. The van der Waals surface area contributed by atoms with E-state index in [0.29, 0.717) is 6.54 Å². The van der Waals surface area contributed by atoms with Crippen molar-refractivity contribution in [3.63, 3.8) is 0 Å². The number of benzene rings is 1. The van der Waals surface area contributed by atoms with Crippen LogP contribution in [0.3, 0.4) is 0 Å². The second-order valence-corrected chi connectivity index (χ2v) is 4.85. The van der Waals surface area contributed by atoms with E-state index >= 15 is 0 Å². The lowest BCUT2D eigenvalue weighted by Crippen LogP contribution is -2.34. The zero-order valence-corrected chi connectivity index (χ0v) is 12.0. The van der Waals surface area contributed by atoms with Crippen molar-refractivity contribution in [2.24, 2.45) is 0 Å². The third kappa shape index (κ3) is 3.21. The van der Waals surface area contributed by atoms with Crippen molar-refractivity contribution < 1.29 is 4.79 Å². The minimum atomic E-state index is 0. The molecule has 94 valence electrons. The van der Waals surface area contributed by atoms with Crippen LogP contribution in [0.4, 0.5) is 0 Å². The van der Waals surface area contributed by atoms with Crippen LogP contribution in [0.15, 0.2) is 22.7 Å². The van der Waals surface area contributed by atoms with Crippen LogP contribution in [0, 0.1) is 0 Å². The lowest BCUT2D eigenvalue weighted by atomic mass is 10.1. The Kier molecular flexibility index (Phi) is 5.43. The molecular formula is C12H16BrClN2O. The van der Waals surface area contributed by atoms with E-state index in [1.807, 2.05) is 6.07 Å². The molecule has 2 rings (SSSR count). The number of halogens is 2. The zero-order valence-electron chi connectivity index (χ0n) is 9.63. The molecule has 1 aliphatic carbocycles. The molecule has 2 N–H and O–H groups in total. The van der Waals surface area contributed by atoms with Crippen LogP contribution >= 0.6 is 28.3 Å². The Morgan fingerprint density at radius 2 is 2.29 bits per heavy atom. The summed E-state index contributed by atoms with van der Waals surface area (Å²) in [7, 11) is 1.78. The number of hydrogen-bond acceptors (Lipinski definition) is 2. The van der Waals surface area contributed by atoms with Gasteiger partial charge in [-0.25, -0.2) is 0 Å². The SMILES string of the molecule is CNCC(=O)NC1CCc2c(Br)cccc21.Cl. The summed E-state index contributed by atoms with van der Waals surface area (Å²) in [6.45, 7) is 0.375. The molecule has 17 heavy (non-hydrogen) atoms. The Labute approximate surface area is 116 Å². The lowest BCUT2D eigenvalue weighted by Gasteiger charge is -2.14. The molecule has 0 fully saturated rings. The maximum absolute atomic E-state index is 11.5. The lowest BCUT2D eigenvalue weighted by molar-refractivity contribution is -0.120. The van der Waals surface area contributed by atoms with Crippen LogP contribution in [0.2, 0.25) is 0 Å². The number of hydrogen-bond donors (Lipinski definition) is 2. The van der Waals surface area contributed by atoms with E-state index < -0.39 is 0 Å². The van der Waals surface area contributed by atoms with Crippen molar-refractivity contribution in [2.45, 2.75) is 18.9 Å². The van der Waals surface area contributed by atoms with Crippen LogP contribution < -0.4 is 10.6 Å². The van der Waals surface area contributed by atoms with Gasteiger partial charge in [0.15, 0.2) is 0 Å². The minimum Gasteiger partial charge on any atom is -0.348 e. The van der Waals surface area contributed by atoms with E-state index in [4.69, 9.17) is 0 Å². The minimum absolute atomic E-state index is 0. The van der Waals surface area contributed by atoms with Gasteiger partial charge >= 0.3 is 0 Å². The summed E-state index contributed by atoms with van der Waals surface area (Å²) in [6.07, 6.45) is 2.02. The van der Waals surface area contributed by atoms with Crippen molar-refractivity contribution in [3.05, 3.63) is 33.8 Å². The first-order chi connectivity index (χ1) is 7.72. The molecule has 0 saturated carbocycles. The second-order valence-electron chi connectivity index (χ2n) is 4.00. The van der Waals surface area contributed by atoms with Crippen molar-refractivity contribution >= 4 is 34.2 Å². The summed E-state index contributed by atoms with van der Waals surface area (Å²) < 4.78 is 1.15. The molecule has 0 saturated heterocycles. The maximum Gasteiger partial charge on any atom is 0.234 e. The summed E-state index contributed by atoms with van der Waals surface area (Å²) >= 11 is 3.55. The highest BCUT2D eigenvalue weighted by Crippen LogP contribution is 2.35. The quantitative estimate of drug-likeness (QED) is 0.897. The van der Waals surface area contributed by atoms with Crippen LogP contribution in [0.25, 0.3) is 0 Å². The Morgan fingerprint density at radius 3 is 3.00 bits per heavy atom. The predicted molar refractivity (Wildman–Crippen MR) is 74.5 cm³/mol. The van der Waals surface area contributed by atoms with E-state index in [1.54, 1.807) is 7.05 Å². The number of nitrogens with one attached hydrogen (secondary N) is 2. The van der Waals surface area contributed by atoms with E-state index in [0.717, 1.165) is 17.3 Å². The molecular weight excluding hydrogens is 304 g/mol. The third-order valence-corrected chi connectivity index (χ3v) is 3.63. The van der Waals surface area contributed by atoms with Crippen molar-refractivity contribution in [1.29, 1.82) is 0 Å². The molecule has 1 amide bonds. The number of rotatable bonds is 3. The molecule has 0 bridgehead atoms. The molecule has 0 aromatic heterocycles. The highest BCUT2D eigenvalue weighted by atomic mass is 79.9. The topological polar surface area (TPSA) is 41.1 Å². The molecule has 3 nitrogen and oxygen atoms in total. The zero-order chi connectivity index (χ0) is 11.5. The average molecular weight is 320 g/mol. The molecule has 0 spiro atoms. The van der Waals surface area contributed by atoms with Gasteiger partial charge in [-0.2, -0.15) is 0 Å². The Hall–Kier alpha value is -0.580. The number of fused-ring (bicyclic) bond motifs is 1. The molecule has 1 aliphatic rings. The molecule has 0 heterocycles. The summed E-state index contributed by atoms with van der Waals surface area (Å²) in [5.41, 5.74) is 2.58. The van der Waals surface area contributed by atoms with Gasteiger partial charge < -0.3 is 10.6 Å². The van der Waals surface area contributed by atoms with Gasteiger partial charge in [0, 0.05) is 4.47 Å². The summed E-state index contributed by atoms with van der Waals surface area (Å²) in [4.78, 5) is 11.5. The normalized spacial score (nSPS) is 17.2. The highest BCUT2D eigenvalue weighted by molar-refractivity contribution is 9.10. The number of amides is 1.